The lowest BCUT2D eigenvalue weighted by atomic mass is 10.0. The molecule has 11 heteroatoms. The SMILES string of the molecule is Cc1ccc(S(=O)(=O)N[C@@H](C)C(=O)N[C@H](C(=O)N[C@@H](Cc2ccccc2)C(N)=O)[C@@H](C)O)cc1. The molecule has 34 heavy (non-hydrogen) atoms. The number of benzene rings is 2. The minimum absolute atomic E-state index is 0.0206. The smallest absolute Gasteiger partial charge is 0.245 e. The molecule has 0 saturated carbocycles. The maximum absolute atomic E-state index is 12.8. The molecule has 0 saturated heterocycles. The van der Waals surface area contributed by atoms with E-state index in [1.807, 2.05) is 6.92 Å². The highest BCUT2D eigenvalue weighted by atomic mass is 32.2. The Hall–Kier alpha value is -3.28. The summed E-state index contributed by atoms with van der Waals surface area (Å²) in [5, 5.41) is 14.8. The van der Waals surface area contributed by atoms with Gasteiger partial charge in [-0.05, 0) is 38.5 Å². The Balaban J connectivity index is 2.07. The first-order valence-electron chi connectivity index (χ1n) is 10.6. The molecule has 6 N–H and O–H groups in total. The number of aryl methyl sites for hydroxylation is 1. The zero-order valence-electron chi connectivity index (χ0n) is 19.2. The van der Waals surface area contributed by atoms with Crippen LogP contribution in [0.2, 0.25) is 0 Å². The van der Waals surface area contributed by atoms with Gasteiger partial charge in [-0.3, -0.25) is 14.4 Å². The van der Waals surface area contributed by atoms with E-state index in [-0.39, 0.29) is 11.3 Å². The van der Waals surface area contributed by atoms with Crippen LogP contribution < -0.4 is 21.1 Å². The van der Waals surface area contributed by atoms with Crippen LogP contribution in [0.1, 0.15) is 25.0 Å². The van der Waals surface area contributed by atoms with E-state index in [1.54, 1.807) is 42.5 Å². The summed E-state index contributed by atoms with van der Waals surface area (Å²) in [5.41, 5.74) is 7.04. The molecule has 0 aliphatic heterocycles. The largest absolute Gasteiger partial charge is 0.391 e. The van der Waals surface area contributed by atoms with Crippen molar-refractivity contribution >= 4 is 27.7 Å². The maximum atomic E-state index is 12.8. The van der Waals surface area contributed by atoms with E-state index in [1.165, 1.54) is 26.0 Å². The van der Waals surface area contributed by atoms with Crippen LogP contribution in [0.3, 0.4) is 0 Å². The number of aliphatic hydroxyl groups excluding tert-OH is 1. The summed E-state index contributed by atoms with van der Waals surface area (Å²) in [4.78, 5) is 37.2. The molecule has 0 aliphatic rings. The summed E-state index contributed by atoms with van der Waals surface area (Å²) in [7, 11) is -4.00. The van der Waals surface area contributed by atoms with Crippen LogP contribution in [0.5, 0.6) is 0 Å². The third-order valence-corrected chi connectivity index (χ3v) is 6.62. The van der Waals surface area contributed by atoms with E-state index < -0.39 is 52.0 Å². The molecule has 2 aromatic rings. The molecule has 0 aliphatic carbocycles. The van der Waals surface area contributed by atoms with Crippen molar-refractivity contribution in [3.63, 3.8) is 0 Å². The highest BCUT2D eigenvalue weighted by Gasteiger charge is 2.31. The monoisotopic (exact) mass is 490 g/mol. The number of hydrogen-bond donors (Lipinski definition) is 5. The van der Waals surface area contributed by atoms with Gasteiger partial charge in [0.15, 0.2) is 0 Å². The van der Waals surface area contributed by atoms with Crippen molar-refractivity contribution in [2.45, 2.75) is 56.3 Å². The Bertz CT molecular complexity index is 1100. The van der Waals surface area contributed by atoms with Crippen molar-refractivity contribution in [1.29, 1.82) is 0 Å². The fraction of sp³-hybridized carbons (Fsp3) is 0.348. The summed E-state index contributed by atoms with van der Waals surface area (Å²) in [6.07, 6.45) is -1.22. The van der Waals surface area contributed by atoms with Gasteiger partial charge in [0.2, 0.25) is 27.7 Å². The molecule has 0 unspecified atom stereocenters. The molecule has 0 aromatic heterocycles. The van der Waals surface area contributed by atoms with Crippen molar-refractivity contribution in [1.82, 2.24) is 15.4 Å². The topological polar surface area (TPSA) is 168 Å². The first kappa shape index (κ1) is 27.0. The Labute approximate surface area is 199 Å². The van der Waals surface area contributed by atoms with Gasteiger partial charge >= 0.3 is 0 Å². The van der Waals surface area contributed by atoms with Gasteiger partial charge in [0.1, 0.15) is 12.1 Å². The standard InChI is InChI=1S/C23H30N4O6S/c1-14-9-11-18(12-10-14)34(32,33)27-15(2)22(30)26-20(16(3)28)23(31)25-19(21(24)29)13-17-7-5-4-6-8-17/h4-12,15-16,19-20,27-28H,13H2,1-3H3,(H2,24,29)(H,25,31)(H,26,30)/t15-,16+,19-,20-/m0/s1. The number of carbonyl (C=O) groups excluding carboxylic acids is 3. The summed E-state index contributed by atoms with van der Waals surface area (Å²) < 4.78 is 27.3. The summed E-state index contributed by atoms with van der Waals surface area (Å²) in [6, 6.07) is 11.1. The van der Waals surface area contributed by atoms with E-state index in [2.05, 4.69) is 15.4 Å². The van der Waals surface area contributed by atoms with Crippen molar-refractivity contribution < 1.29 is 27.9 Å². The lowest BCUT2D eigenvalue weighted by Crippen LogP contribution is -2.59. The Morgan fingerprint density at radius 1 is 0.941 bits per heavy atom. The number of nitrogens with one attached hydrogen (secondary N) is 3. The minimum Gasteiger partial charge on any atom is -0.391 e. The summed E-state index contributed by atoms with van der Waals surface area (Å²) in [6.45, 7) is 4.39. The predicted octanol–water partition coefficient (Wildman–Crippen LogP) is -0.260. The number of sulfonamides is 1. The zero-order chi connectivity index (χ0) is 25.5. The van der Waals surface area contributed by atoms with E-state index in [9.17, 15) is 27.9 Å². The molecule has 0 spiro atoms. The second kappa shape index (κ2) is 11.7. The van der Waals surface area contributed by atoms with Gasteiger partial charge in [-0.2, -0.15) is 4.72 Å². The molecule has 2 aromatic carbocycles. The normalized spacial score (nSPS) is 14.9. The Kier molecular flexibility index (Phi) is 9.30. The van der Waals surface area contributed by atoms with Gasteiger partial charge < -0.3 is 21.5 Å². The quantitative estimate of drug-likeness (QED) is 0.291. The molecule has 184 valence electrons. The highest BCUT2D eigenvalue weighted by Crippen LogP contribution is 2.11. The number of rotatable bonds is 11. The van der Waals surface area contributed by atoms with Gasteiger partial charge in [-0.15, -0.1) is 0 Å². The fourth-order valence-electron chi connectivity index (χ4n) is 3.09. The molecule has 0 fully saturated rings. The number of aliphatic hydroxyl groups is 1. The second-order valence-corrected chi connectivity index (χ2v) is 9.75. The fourth-order valence-corrected chi connectivity index (χ4v) is 4.29. The van der Waals surface area contributed by atoms with E-state index in [4.69, 9.17) is 5.73 Å². The molecule has 4 atom stereocenters. The number of carbonyl (C=O) groups is 3. The maximum Gasteiger partial charge on any atom is 0.245 e. The van der Waals surface area contributed by atoms with Gasteiger partial charge in [-0.25, -0.2) is 8.42 Å². The van der Waals surface area contributed by atoms with Crippen LogP contribution in [0, 0.1) is 6.92 Å². The van der Waals surface area contributed by atoms with Crippen molar-refractivity contribution in [3.8, 4) is 0 Å². The Morgan fingerprint density at radius 3 is 2.06 bits per heavy atom. The van der Waals surface area contributed by atoms with Crippen LogP contribution in [0.4, 0.5) is 0 Å². The van der Waals surface area contributed by atoms with E-state index in [0.717, 1.165) is 11.1 Å². The summed E-state index contributed by atoms with van der Waals surface area (Å²) in [5.74, 6) is -2.46. The molecule has 0 bridgehead atoms. The van der Waals surface area contributed by atoms with Crippen molar-refractivity contribution in [2.24, 2.45) is 5.73 Å². The molecule has 0 radical (unpaired) electrons. The van der Waals surface area contributed by atoms with Crippen LogP contribution in [-0.2, 0) is 30.8 Å². The molecule has 0 heterocycles. The van der Waals surface area contributed by atoms with Crippen molar-refractivity contribution in [3.05, 3.63) is 65.7 Å². The first-order chi connectivity index (χ1) is 15.9. The van der Waals surface area contributed by atoms with Gasteiger partial charge in [0.25, 0.3) is 0 Å². The zero-order valence-corrected chi connectivity index (χ0v) is 20.0. The Morgan fingerprint density at radius 2 is 1.53 bits per heavy atom. The van der Waals surface area contributed by atoms with Crippen LogP contribution in [0.15, 0.2) is 59.5 Å². The van der Waals surface area contributed by atoms with Crippen LogP contribution >= 0.6 is 0 Å². The minimum atomic E-state index is -4.00. The average molecular weight is 491 g/mol. The highest BCUT2D eigenvalue weighted by molar-refractivity contribution is 7.89. The first-order valence-corrected chi connectivity index (χ1v) is 12.1. The molecular weight excluding hydrogens is 460 g/mol. The number of hydrogen-bond acceptors (Lipinski definition) is 6. The molecular formula is C23H30N4O6S. The number of amides is 3. The average Bonchev–Trinajstić information content (AvgIpc) is 2.77. The predicted molar refractivity (Wildman–Crippen MR) is 126 cm³/mol. The lowest BCUT2D eigenvalue weighted by molar-refractivity contribution is -0.134. The van der Waals surface area contributed by atoms with E-state index in [0.29, 0.717) is 0 Å². The van der Waals surface area contributed by atoms with Gasteiger partial charge in [-0.1, -0.05) is 48.0 Å². The van der Waals surface area contributed by atoms with Crippen LogP contribution in [0.25, 0.3) is 0 Å². The van der Waals surface area contributed by atoms with Crippen LogP contribution in [-0.4, -0.2) is 55.5 Å². The third kappa shape index (κ3) is 7.65. The second-order valence-electron chi connectivity index (χ2n) is 8.04. The number of primary amides is 1. The lowest BCUT2D eigenvalue weighted by Gasteiger charge is -2.25. The third-order valence-electron chi connectivity index (χ3n) is 5.06. The molecule has 3 amide bonds. The summed E-state index contributed by atoms with van der Waals surface area (Å²) >= 11 is 0. The van der Waals surface area contributed by atoms with E-state index >= 15 is 0 Å². The molecule has 10 nitrogen and oxygen atoms in total. The number of nitrogens with two attached hydrogens (primary N) is 1. The van der Waals surface area contributed by atoms with Crippen molar-refractivity contribution in [2.75, 3.05) is 0 Å². The van der Waals surface area contributed by atoms with Gasteiger partial charge in [0.05, 0.1) is 17.0 Å². The van der Waals surface area contributed by atoms with Gasteiger partial charge in [0, 0.05) is 6.42 Å². The molecule has 2 rings (SSSR count).